The van der Waals surface area contributed by atoms with Crippen LogP contribution in [0.3, 0.4) is 0 Å². The lowest BCUT2D eigenvalue weighted by Crippen LogP contribution is -2.21. The number of nitrogens with two attached hydrogens (primary N) is 1. The predicted molar refractivity (Wildman–Crippen MR) is 72.9 cm³/mol. The molecule has 0 heterocycles. The fraction of sp³-hybridized carbons (Fsp3) is 0.500. The molecule has 0 amide bonds. The van der Waals surface area contributed by atoms with Crippen molar-refractivity contribution in [2.45, 2.75) is 32.0 Å². The van der Waals surface area contributed by atoms with Crippen LogP contribution < -0.4 is 15.2 Å². The van der Waals surface area contributed by atoms with Crippen LogP contribution in [0.2, 0.25) is 0 Å². The number of aliphatic carboxylic acids is 1. The number of hydrogen-bond donors (Lipinski definition) is 2. The van der Waals surface area contributed by atoms with E-state index in [0.29, 0.717) is 22.6 Å². The lowest BCUT2D eigenvalue weighted by Gasteiger charge is -2.24. The maximum Gasteiger partial charge on any atom is 0.305 e. The van der Waals surface area contributed by atoms with Crippen molar-refractivity contribution in [3.05, 3.63) is 23.3 Å². The number of ether oxygens (including phenoxy) is 2. The Morgan fingerprint density at radius 2 is 1.85 bits per heavy atom. The van der Waals surface area contributed by atoms with Gasteiger partial charge >= 0.3 is 5.97 Å². The first-order valence-electron chi connectivity index (χ1n) is 6.13. The summed E-state index contributed by atoms with van der Waals surface area (Å²) < 4.78 is 24.6. The van der Waals surface area contributed by atoms with Gasteiger partial charge in [0.2, 0.25) is 0 Å². The predicted octanol–water partition coefficient (Wildman–Crippen LogP) is 2.38. The number of rotatable bonds is 6. The number of hydrogen-bond acceptors (Lipinski definition) is 4. The van der Waals surface area contributed by atoms with Gasteiger partial charge < -0.3 is 20.3 Å². The van der Waals surface area contributed by atoms with Crippen molar-refractivity contribution < 1.29 is 23.8 Å². The number of halogens is 1. The first kappa shape index (κ1) is 16.2. The molecule has 5 nitrogen and oxygen atoms in total. The van der Waals surface area contributed by atoms with Gasteiger partial charge in [-0.15, -0.1) is 0 Å². The van der Waals surface area contributed by atoms with Crippen molar-refractivity contribution in [3.8, 4) is 11.5 Å². The summed E-state index contributed by atoms with van der Waals surface area (Å²) in [6.45, 7) is 2.76. The molecule has 112 valence electrons. The summed E-state index contributed by atoms with van der Waals surface area (Å²) in [7, 11) is 2.90. The quantitative estimate of drug-likeness (QED) is 0.838. The highest BCUT2D eigenvalue weighted by atomic mass is 19.1. The third-order valence-electron chi connectivity index (χ3n) is 2.99. The van der Waals surface area contributed by atoms with Gasteiger partial charge in [-0.3, -0.25) is 4.79 Å². The molecule has 20 heavy (non-hydrogen) atoms. The summed E-state index contributed by atoms with van der Waals surface area (Å²) in [5, 5.41) is 8.84. The van der Waals surface area contributed by atoms with Gasteiger partial charge in [-0.2, -0.15) is 0 Å². The Bertz CT molecular complexity index is 497. The Kier molecular flexibility index (Phi) is 4.94. The largest absolute Gasteiger partial charge is 0.493 e. The van der Waals surface area contributed by atoms with Gasteiger partial charge in [0.15, 0.2) is 11.5 Å². The topological polar surface area (TPSA) is 81.8 Å². The maximum absolute atomic E-state index is 14.3. The zero-order valence-corrected chi connectivity index (χ0v) is 12.1. The van der Waals surface area contributed by atoms with Crippen LogP contribution >= 0.6 is 0 Å². The average Bonchev–Trinajstić information content (AvgIpc) is 2.35. The normalized spacial score (nSPS) is 12.9. The molecule has 0 radical (unpaired) electrons. The zero-order chi connectivity index (χ0) is 15.5. The van der Waals surface area contributed by atoms with Crippen LogP contribution in [0.1, 0.15) is 37.4 Å². The fourth-order valence-electron chi connectivity index (χ4n) is 2.01. The molecule has 0 saturated heterocycles. The molecule has 1 rings (SSSR count). The van der Waals surface area contributed by atoms with E-state index in [0.717, 1.165) is 0 Å². The van der Waals surface area contributed by atoms with Gasteiger partial charge in [0.25, 0.3) is 0 Å². The minimum absolute atomic E-state index is 0.293. The summed E-state index contributed by atoms with van der Waals surface area (Å²) in [6, 6.07) is 2.20. The van der Waals surface area contributed by atoms with Gasteiger partial charge in [0, 0.05) is 6.04 Å². The third-order valence-corrected chi connectivity index (χ3v) is 2.99. The van der Waals surface area contributed by atoms with E-state index in [1.54, 1.807) is 0 Å². The number of alkyl halides is 1. The number of carbonyl (C=O) groups is 1. The fourth-order valence-corrected chi connectivity index (χ4v) is 2.01. The third kappa shape index (κ3) is 3.60. The van der Waals surface area contributed by atoms with E-state index in [2.05, 4.69) is 0 Å². The molecular formula is C14H20FNO4. The van der Waals surface area contributed by atoms with Gasteiger partial charge in [0.1, 0.15) is 5.67 Å². The second kappa shape index (κ2) is 6.09. The molecule has 0 spiro atoms. The number of carboxylic acids is 1. The Balaban J connectivity index is 3.42. The first-order valence-corrected chi connectivity index (χ1v) is 6.13. The molecular weight excluding hydrogens is 265 g/mol. The molecule has 0 bridgehead atoms. The molecule has 1 aromatic rings. The van der Waals surface area contributed by atoms with Gasteiger partial charge in [0.05, 0.1) is 20.6 Å². The van der Waals surface area contributed by atoms with Crippen LogP contribution in [0, 0.1) is 0 Å². The lowest BCUT2D eigenvalue weighted by atomic mass is 9.89. The smallest absolute Gasteiger partial charge is 0.305 e. The second-order valence-corrected chi connectivity index (χ2v) is 4.97. The molecule has 1 unspecified atom stereocenters. The highest BCUT2D eigenvalue weighted by Gasteiger charge is 2.28. The zero-order valence-electron chi connectivity index (χ0n) is 12.1. The Morgan fingerprint density at radius 1 is 1.35 bits per heavy atom. The van der Waals surface area contributed by atoms with E-state index < -0.39 is 17.7 Å². The molecule has 0 aliphatic rings. The highest BCUT2D eigenvalue weighted by molar-refractivity contribution is 5.68. The van der Waals surface area contributed by atoms with Crippen LogP contribution in [0.4, 0.5) is 4.39 Å². The van der Waals surface area contributed by atoms with E-state index in [4.69, 9.17) is 20.3 Å². The van der Waals surface area contributed by atoms with E-state index in [1.807, 2.05) is 0 Å². The SMILES string of the molecule is COc1cc(C(N)CC(=O)O)c(C(C)(C)F)cc1OC. The Hall–Kier alpha value is -1.82. The van der Waals surface area contributed by atoms with Crippen molar-refractivity contribution in [3.63, 3.8) is 0 Å². The molecule has 1 aromatic carbocycles. The van der Waals surface area contributed by atoms with Crippen molar-refractivity contribution in [2.75, 3.05) is 14.2 Å². The van der Waals surface area contributed by atoms with Crippen LogP contribution in [0.25, 0.3) is 0 Å². The summed E-state index contributed by atoms with van der Waals surface area (Å²) >= 11 is 0. The highest BCUT2D eigenvalue weighted by Crippen LogP contribution is 2.39. The maximum atomic E-state index is 14.3. The second-order valence-electron chi connectivity index (χ2n) is 4.97. The number of methoxy groups -OCH3 is 2. The summed E-state index contributed by atoms with van der Waals surface area (Å²) in [4.78, 5) is 10.8. The first-order chi connectivity index (χ1) is 9.20. The minimum Gasteiger partial charge on any atom is -0.493 e. The van der Waals surface area contributed by atoms with Crippen molar-refractivity contribution in [2.24, 2.45) is 5.73 Å². The Labute approximate surface area is 117 Å². The molecule has 3 N–H and O–H groups in total. The van der Waals surface area contributed by atoms with Gasteiger partial charge in [-0.05, 0) is 37.1 Å². The van der Waals surface area contributed by atoms with Crippen LogP contribution in [-0.2, 0) is 10.5 Å². The standard InChI is InChI=1S/C14H20FNO4/c1-14(2,15)9-6-12(20-4)11(19-3)5-8(9)10(16)7-13(17)18/h5-6,10H,7,16H2,1-4H3,(H,17,18). The molecule has 0 aliphatic carbocycles. The summed E-state index contributed by atoms with van der Waals surface area (Å²) in [6.07, 6.45) is -0.293. The Morgan fingerprint density at radius 3 is 2.25 bits per heavy atom. The van der Waals surface area contributed by atoms with Crippen molar-refractivity contribution in [1.82, 2.24) is 0 Å². The van der Waals surface area contributed by atoms with Crippen LogP contribution in [0.15, 0.2) is 12.1 Å². The van der Waals surface area contributed by atoms with Crippen LogP contribution in [-0.4, -0.2) is 25.3 Å². The van der Waals surface area contributed by atoms with E-state index in [1.165, 1.54) is 40.2 Å². The van der Waals surface area contributed by atoms with Crippen LogP contribution in [0.5, 0.6) is 11.5 Å². The molecule has 0 saturated carbocycles. The monoisotopic (exact) mass is 285 g/mol. The average molecular weight is 285 g/mol. The van der Waals surface area contributed by atoms with Crippen molar-refractivity contribution >= 4 is 5.97 Å². The lowest BCUT2D eigenvalue weighted by molar-refractivity contribution is -0.137. The molecule has 0 aliphatic heterocycles. The number of carboxylic acid groups (broad SMARTS) is 1. The molecule has 1 atom stereocenters. The van der Waals surface area contributed by atoms with Gasteiger partial charge in [-0.25, -0.2) is 4.39 Å². The van der Waals surface area contributed by atoms with Crippen molar-refractivity contribution in [1.29, 1.82) is 0 Å². The molecule has 0 aromatic heterocycles. The van der Waals surface area contributed by atoms with E-state index >= 15 is 0 Å². The minimum atomic E-state index is -1.68. The number of benzene rings is 1. The molecule has 0 fully saturated rings. The summed E-state index contributed by atoms with van der Waals surface area (Å²) in [5.74, 6) is -0.286. The van der Waals surface area contributed by atoms with E-state index in [9.17, 15) is 9.18 Å². The summed E-state index contributed by atoms with van der Waals surface area (Å²) in [5.41, 5.74) is 4.88. The van der Waals surface area contributed by atoms with E-state index in [-0.39, 0.29) is 6.42 Å². The molecule has 6 heteroatoms. The van der Waals surface area contributed by atoms with Gasteiger partial charge in [-0.1, -0.05) is 0 Å².